The van der Waals surface area contributed by atoms with E-state index < -0.39 is 11.9 Å². The van der Waals surface area contributed by atoms with Gasteiger partial charge in [-0.05, 0) is 12.8 Å². The number of hydrogen-bond acceptors (Lipinski definition) is 2. The zero-order chi connectivity index (χ0) is 8.69. The molecular formula is C7H13KO4. The molecule has 0 heterocycles. The molecule has 0 amide bonds. The van der Waals surface area contributed by atoms with Gasteiger partial charge in [0.25, 0.3) is 0 Å². The summed E-state index contributed by atoms with van der Waals surface area (Å²) in [6.45, 7) is 0. The number of aliphatic carboxylic acids is 2. The number of unbranched alkanes of at least 4 members (excludes halogenated alkanes) is 2. The summed E-state index contributed by atoms with van der Waals surface area (Å²) < 4.78 is 0. The van der Waals surface area contributed by atoms with Gasteiger partial charge in [-0.2, -0.15) is 0 Å². The fourth-order valence-corrected chi connectivity index (χ4v) is 0.729. The van der Waals surface area contributed by atoms with Crippen LogP contribution in [-0.2, 0) is 9.59 Å². The van der Waals surface area contributed by atoms with E-state index in [1.54, 1.807) is 0 Å². The molecule has 12 heavy (non-hydrogen) atoms. The maximum atomic E-state index is 9.98. The fraction of sp³-hybridized carbons (Fsp3) is 0.714. The van der Waals surface area contributed by atoms with Crippen molar-refractivity contribution in [3.63, 3.8) is 0 Å². The third kappa shape index (κ3) is 13.2. The molecule has 0 aliphatic heterocycles. The third-order valence-electron chi connectivity index (χ3n) is 1.28. The van der Waals surface area contributed by atoms with Crippen LogP contribution in [0.25, 0.3) is 0 Å². The predicted molar refractivity (Wildman–Crippen MR) is 45.5 cm³/mol. The maximum absolute atomic E-state index is 9.98. The van der Waals surface area contributed by atoms with E-state index in [0.717, 1.165) is 0 Å². The topological polar surface area (TPSA) is 74.6 Å². The van der Waals surface area contributed by atoms with Gasteiger partial charge in [0.1, 0.15) is 0 Å². The van der Waals surface area contributed by atoms with Crippen molar-refractivity contribution < 1.29 is 19.8 Å². The Labute approximate surface area is 114 Å². The first kappa shape index (κ1) is 15.1. The molecule has 0 fully saturated rings. The zero-order valence-electron chi connectivity index (χ0n) is 6.25. The molecule has 5 heteroatoms. The Morgan fingerprint density at radius 3 is 1.42 bits per heavy atom. The molecule has 66 valence electrons. The van der Waals surface area contributed by atoms with Crippen LogP contribution in [0.4, 0.5) is 0 Å². The molecule has 0 radical (unpaired) electrons. The van der Waals surface area contributed by atoms with Crippen LogP contribution in [0.2, 0.25) is 0 Å². The van der Waals surface area contributed by atoms with E-state index in [0.29, 0.717) is 19.3 Å². The number of hydrogen-bond donors (Lipinski definition) is 2. The van der Waals surface area contributed by atoms with Crippen molar-refractivity contribution in [2.75, 3.05) is 0 Å². The molecule has 0 aliphatic carbocycles. The van der Waals surface area contributed by atoms with Crippen molar-refractivity contribution in [3.05, 3.63) is 0 Å². The summed E-state index contributed by atoms with van der Waals surface area (Å²) in [5.41, 5.74) is 0. The molecule has 4 nitrogen and oxygen atoms in total. The van der Waals surface area contributed by atoms with Crippen molar-refractivity contribution >= 4 is 63.3 Å². The molecule has 0 unspecified atom stereocenters. The molecule has 0 aromatic heterocycles. The fourth-order valence-electron chi connectivity index (χ4n) is 0.729. The standard InChI is InChI=1S/C7H12O4.K.H/c8-6(9)4-2-1-3-5-7(10)11;;/h1-5H2,(H,8,9)(H,10,11);;. The van der Waals surface area contributed by atoms with Gasteiger partial charge in [0.15, 0.2) is 0 Å². The van der Waals surface area contributed by atoms with Gasteiger partial charge in [-0.15, -0.1) is 0 Å². The molecule has 0 aliphatic rings. The zero-order valence-corrected chi connectivity index (χ0v) is 6.25. The monoisotopic (exact) mass is 200 g/mol. The molecule has 0 atom stereocenters. The Morgan fingerprint density at radius 2 is 1.17 bits per heavy atom. The summed E-state index contributed by atoms with van der Waals surface area (Å²) in [5, 5.41) is 16.4. The van der Waals surface area contributed by atoms with Crippen LogP contribution >= 0.6 is 0 Å². The van der Waals surface area contributed by atoms with Crippen LogP contribution in [0.5, 0.6) is 0 Å². The van der Waals surface area contributed by atoms with E-state index in [2.05, 4.69) is 0 Å². The Hall–Kier alpha value is 0.576. The second-order valence-corrected chi connectivity index (χ2v) is 2.35. The van der Waals surface area contributed by atoms with Crippen LogP contribution in [0.1, 0.15) is 32.1 Å². The Bertz CT molecular complexity index is 130. The Balaban J connectivity index is 0. The first-order chi connectivity index (χ1) is 5.13. The van der Waals surface area contributed by atoms with Crippen LogP contribution < -0.4 is 0 Å². The summed E-state index contributed by atoms with van der Waals surface area (Å²) in [6.07, 6.45) is 2.10. The summed E-state index contributed by atoms with van der Waals surface area (Å²) >= 11 is 0. The average molecular weight is 200 g/mol. The predicted octanol–water partition coefficient (Wildman–Crippen LogP) is 0.458. The summed E-state index contributed by atoms with van der Waals surface area (Å²) in [7, 11) is 0. The Kier molecular flexibility index (Phi) is 12.1. The quantitative estimate of drug-likeness (QED) is 0.482. The van der Waals surface area contributed by atoms with Crippen molar-refractivity contribution in [2.45, 2.75) is 32.1 Å². The van der Waals surface area contributed by atoms with Crippen molar-refractivity contribution in [1.29, 1.82) is 0 Å². The van der Waals surface area contributed by atoms with Crippen LogP contribution in [0.15, 0.2) is 0 Å². The van der Waals surface area contributed by atoms with E-state index in [1.165, 1.54) is 0 Å². The third-order valence-corrected chi connectivity index (χ3v) is 1.28. The average Bonchev–Trinajstić information content (AvgIpc) is 1.85. The summed E-state index contributed by atoms with van der Waals surface area (Å²) in [6, 6.07) is 0. The first-order valence-corrected chi connectivity index (χ1v) is 3.56. The van der Waals surface area contributed by atoms with Gasteiger partial charge in [0.2, 0.25) is 0 Å². The molecular weight excluding hydrogens is 187 g/mol. The van der Waals surface area contributed by atoms with Crippen molar-refractivity contribution in [1.82, 2.24) is 0 Å². The molecule has 0 rings (SSSR count). The second kappa shape index (κ2) is 9.66. The number of carbonyl (C=O) groups is 2. The van der Waals surface area contributed by atoms with Crippen LogP contribution in [0, 0.1) is 0 Å². The van der Waals surface area contributed by atoms with Crippen LogP contribution in [-0.4, -0.2) is 73.5 Å². The normalized spacial score (nSPS) is 8.67. The van der Waals surface area contributed by atoms with E-state index in [1.807, 2.05) is 0 Å². The second-order valence-electron chi connectivity index (χ2n) is 2.35. The number of carboxylic acids is 2. The summed E-state index contributed by atoms with van der Waals surface area (Å²) in [4.78, 5) is 20.0. The molecule has 0 aromatic rings. The van der Waals surface area contributed by atoms with E-state index in [-0.39, 0.29) is 64.2 Å². The van der Waals surface area contributed by atoms with Crippen molar-refractivity contribution in [2.24, 2.45) is 0 Å². The van der Waals surface area contributed by atoms with Gasteiger partial charge in [-0.3, -0.25) is 9.59 Å². The van der Waals surface area contributed by atoms with Gasteiger partial charge in [-0.1, -0.05) is 6.42 Å². The Morgan fingerprint density at radius 1 is 0.833 bits per heavy atom. The summed E-state index contributed by atoms with van der Waals surface area (Å²) in [5.74, 6) is -1.64. The minimum absolute atomic E-state index is 0. The molecule has 0 spiro atoms. The van der Waals surface area contributed by atoms with Crippen molar-refractivity contribution in [3.8, 4) is 0 Å². The first-order valence-electron chi connectivity index (χ1n) is 3.56. The molecule has 0 aromatic carbocycles. The van der Waals surface area contributed by atoms with Gasteiger partial charge < -0.3 is 10.2 Å². The SMILES string of the molecule is O=C(O)CCCCCC(=O)O.[KH]. The van der Waals surface area contributed by atoms with Gasteiger partial charge >= 0.3 is 63.3 Å². The van der Waals surface area contributed by atoms with Gasteiger partial charge in [0.05, 0.1) is 0 Å². The van der Waals surface area contributed by atoms with E-state index in [4.69, 9.17) is 10.2 Å². The van der Waals surface area contributed by atoms with Gasteiger partial charge in [-0.25, -0.2) is 0 Å². The number of carboxylic acid groups (broad SMARTS) is 2. The van der Waals surface area contributed by atoms with E-state index in [9.17, 15) is 9.59 Å². The molecule has 0 saturated heterocycles. The van der Waals surface area contributed by atoms with E-state index >= 15 is 0 Å². The molecule has 0 bridgehead atoms. The number of rotatable bonds is 6. The minimum atomic E-state index is -0.819. The van der Waals surface area contributed by atoms with Gasteiger partial charge in [0, 0.05) is 12.8 Å². The molecule has 2 N–H and O–H groups in total. The van der Waals surface area contributed by atoms with Crippen LogP contribution in [0.3, 0.4) is 0 Å². The molecule has 0 saturated carbocycles.